The molecule has 10 nitrogen and oxygen atoms in total. The van der Waals surface area contributed by atoms with E-state index in [1.807, 2.05) is 0 Å². The van der Waals surface area contributed by atoms with Gasteiger partial charge in [-0.2, -0.15) is 0 Å². The Morgan fingerprint density at radius 1 is 1.00 bits per heavy atom. The van der Waals surface area contributed by atoms with Crippen molar-refractivity contribution in [2.24, 2.45) is 5.73 Å². The fraction of sp³-hybridized carbons (Fsp3) is 0.630. The second-order valence-electron chi connectivity index (χ2n) is 11.1. The van der Waals surface area contributed by atoms with Gasteiger partial charge in [0.15, 0.2) is 0 Å². The summed E-state index contributed by atoms with van der Waals surface area (Å²) in [6.07, 6.45) is 1.64. The van der Waals surface area contributed by atoms with Crippen LogP contribution in [-0.4, -0.2) is 64.3 Å². The van der Waals surface area contributed by atoms with E-state index in [9.17, 15) is 23.6 Å². The molecular formula is C27H42FN3O7. The molecule has 0 aliphatic carbocycles. The average Bonchev–Trinajstić information content (AvgIpc) is 2.75. The number of benzene rings is 1. The third-order valence-electron chi connectivity index (χ3n) is 5.09. The molecule has 0 aliphatic rings. The van der Waals surface area contributed by atoms with Crippen LogP contribution in [0.5, 0.6) is 0 Å². The molecule has 0 bridgehead atoms. The monoisotopic (exact) mass is 539 g/mol. The van der Waals surface area contributed by atoms with E-state index in [-0.39, 0.29) is 24.2 Å². The number of alkyl carbamates (subject to hydrolysis) is 1. The van der Waals surface area contributed by atoms with E-state index >= 15 is 0 Å². The maximum absolute atomic E-state index is 14.6. The fourth-order valence-corrected chi connectivity index (χ4v) is 3.43. The molecule has 1 aromatic rings. The van der Waals surface area contributed by atoms with E-state index in [1.165, 1.54) is 17.0 Å². The minimum Gasteiger partial charge on any atom is -0.481 e. The second-order valence-corrected chi connectivity index (χ2v) is 11.1. The van der Waals surface area contributed by atoms with Gasteiger partial charge < -0.3 is 30.5 Å². The first-order valence-electron chi connectivity index (χ1n) is 12.7. The quantitative estimate of drug-likeness (QED) is 0.252. The van der Waals surface area contributed by atoms with Crippen molar-refractivity contribution in [3.8, 4) is 0 Å². The smallest absolute Gasteiger partial charge is 0.407 e. The first-order chi connectivity index (χ1) is 17.5. The average molecular weight is 540 g/mol. The number of aliphatic carboxylic acids is 1. The topological polar surface area (TPSA) is 148 Å². The van der Waals surface area contributed by atoms with Gasteiger partial charge in [-0.25, -0.2) is 14.0 Å². The second kappa shape index (κ2) is 14.7. The zero-order valence-electron chi connectivity index (χ0n) is 23.3. The van der Waals surface area contributed by atoms with Crippen molar-refractivity contribution in [2.45, 2.75) is 97.4 Å². The van der Waals surface area contributed by atoms with Crippen LogP contribution in [0.3, 0.4) is 0 Å². The zero-order chi connectivity index (χ0) is 29.1. The van der Waals surface area contributed by atoms with E-state index in [0.29, 0.717) is 25.8 Å². The number of nitrogens with one attached hydrogen (secondary N) is 1. The van der Waals surface area contributed by atoms with Gasteiger partial charge in [0.05, 0.1) is 18.0 Å². The van der Waals surface area contributed by atoms with Crippen LogP contribution in [0, 0.1) is 5.82 Å². The van der Waals surface area contributed by atoms with E-state index in [1.54, 1.807) is 41.5 Å². The molecule has 0 heterocycles. The number of amides is 2. The number of rotatable bonds is 13. The molecule has 0 fully saturated rings. The van der Waals surface area contributed by atoms with Gasteiger partial charge in [-0.3, -0.25) is 9.59 Å². The predicted molar refractivity (Wildman–Crippen MR) is 140 cm³/mol. The molecule has 0 aromatic heterocycles. The predicted octanol–water partition coefficient (Wildman–Crippen LogP) is 4.00. The molecule has 214 valence electrons. The molecule has 0 saturated carbocycles. The number of carboxylic acids is 1. The summed E-state index contributed by atoms with van der Waals surface area (Å²) in [4.78, 5) is 49.4. The van der Waals surface area contributed by atoms with Gasteiger partial charge in [0.2, 0.25) is 5.91 Å². The van der Waals surface area contributed by atoms with Crippen molar-refractivity contribution in [1.82, 2.24) is 10.2 Å². The van der Waals surface area contributed by atoms with Gasteiger partial charge in [-0.05, 0) is 72.6 Å². The van der Waals surface area contributed by atoms with Crippen LogP contribution in [-0.2, 0) is 25.6 Å². The Morgan fingerprint density at radius 3 is 2.18 bits per heavy atom. The van der Waals surface area contributed by atoms with Crippen LogP contribution in [0.25, 0.3) is 0 Å². The maximum Gasteiger partial charge on any atom is 0.407 e. The Bertz CT molecular complexity index is 970. The molecule has 4 N–H and O–H groups in total. The summed E-state index contributed by atoms with van der Waals surface area (Å²) in [5, 5.41) is 11.7. The van der Waals surface area contributed by atoms with E-state index in [0.717, 1.165) is 12.5 Å². The molecule has 0 aliphatic heterocycles. The van der Waals surface area contributed by atoms with Crippen LogP contribution in [0.1, 0.15) is 89.6 Å². The Hall–Kier alpha value is -3.21. The lowest BCUT2D eigenvalue weighted by molar-refractivity contribution is -0.142. The van der Waals surface area contributed by atoms with Gasteiger partial charge >= 0.3 is 18.0 Å². The SMILES string of the molecule is CC(C)(C)OC(=O)NCCCCCCN(Cc1cc(C(=O)OC(C)(C)C)ccc1F)C(=O)[C@@H](N)CC(=O)O. The molecule has 1 atom stereocenters. The highest BCUT2D eigenvalue weighted by molar-refractivity contribution is 5.90. The fourth-order valence-electron chi connectivity index (χ4n) is 3.43. The van der Waals surface area contributed by atoms with Crippen molar-refractivity contribution in [3.05, 3.63) is 35.1 Å². The van der Waals surface area contributed by atoms with E-state index < -0.39 is 53.4 Å². The highest BCUT2D eigenvalue weighted by Crippen LogP contribution is 2.18. The summed E-state index contributed by atoms with van der Waals surface area (Å²) in [5.41, 5.74) is 4.72. The van der Waals surface area contributed by atoms with Crippen LogP contribution in [0.4, 0.5) is 9.18 Å². The molecular weight excluding hydrogens is 497 g/mol. The number of unbranched alkanes of at least 4 members (excludes halogenated alkanes) is 3. The van der Waals surface area contributed by atoms with Crippen LogP contribution in [0.2, 0.25) is 0 Å². The van der Waals surface area contributed by atoms with E-state index in [2.05, 4.69) is 5.32 Å². The minimum absolute atomic E-state index is 0.0887. The van der Waals surface area contributed by atoms with Gasteiger partial charge in [0.1, 0.15) is 17.0 Å². The lowest BCUT2D eigenvalue weighted by Gasteiger charge is -2.26. The highest BCUT2D eigenvalue weighted by atomic mass is 19.1. The third-order valence-corrected chi connectivity index (χ3v) is 5.09. The largest absolute Gasteiger partial charge is 0.481 e. The van der Waals surface area contributed by atoms with Crippen molar-refractivity contribution in [2.75, 3.05) is 13.1 Å². The van der Waals surface area contributed by atoms with Gasteiger partial charge in [-0.15, -0.1) is 0 Å². The number of esters is 1. The first-order valence-corrected chi connectivity index (χ1v) is 12.7. The van der Waals surface area contributed by atoms with Crippen LogP contribution >= 0.6 is 0 Å². The molecule has 38 heavy (non-hydrogen) atoms. The Balaban J connectivity index is 2.81. The van der Waals surface area contributed by atoms with Crippen molar-refractivity contribution in [3.63, 3.8) is 0 Å². The molecule has 0 unspecified atom stereocenters. The maximum atomic E-state index is 14.6. The Kier molecular flexibility index (Phi) is 12.7. The van der Waals surface area contributed by atoms with Crippen LogP contribution < -0.4 is 11.1 Å². The number of ether oxygens (including phenoxy) is 2. The minimum atomic E-state index is -1.29. The summed E-state index contributed by atoms with van der Waals surface area (Å²) in [6.45, 7) is 10.9. The molecule has 11 heteroatoms. The number of carboxylic acid groups (broad SMARTS) is 1. The Morgan fingerprint density at radius 2 is 1.61 bits per heavy atom. The number of nitrogens with zero attached hydrogens (tertiary/aromatic N) is 1. The van der Waals surface area contributed by atoms with Crippen LogP contribution in [0.15, 0.2) is 18.2 Å². The zero-order valence-corrected chi connectivity index (χ0v) is 23.3. The Labute approximate surface area is 224 Å². The van der Waals surface area contributed by atoms with Gasteiger partial charge in [0.25, 0.3) is 0 Å². The molecule has 2 amide bonds. The first kappa shape index (κ1) is 32.8. The molecule has 0 radical (unpaired) electrons. The van der Waals surface area contributed by atoms with Gasteiger partial charge in [0, 0.05) is 25.2 Å². The molecule has 0 saturated heterocycles. The third kappa shape index (κ3) is 13.4. The van der Waals surface area contributed by atoms with E-state index in [4.69, 9.17) is 20.3 Å². The number of hydrogen-bond donors (Lipinski definition) is 3. The van der Waals surface area contributed by atoms with Crippen molar-refractivity contribution < 1.29 is 38.1 Å². The number of halogens is 1. The molecule has 1 aromatic carbocycles. The number of carbonyl (C=O) groups excluding carboxylic acids is 3. The summed E-state index contributed by atoms with van der Waals surface area (Å²) in [6, 6.07) is 2.48. The standard InChI is InChI=1S/C27H42FN3O7/c1-26(2,3)37-24(35)18-11-12-20(28)19(15-18)17-31(23(34)21(29)16-22(32)33)14-10-8-7-9-13-30-25(36)38-27(4,5)6/h11-12,15,21H,7-10,13-14,16-17,29H2,1-6H3,(H,30,36)(H,32,33)/t21-/m0/s1. The number of hydrogen-bond acceptors (Lipinski definition) is 7. The normalized spacial score (nSPS) is 12.4. The summed E-state index contributed by atoms with van der Waals surface area (Å²) < 4.78 is 25.2. The van der Waals surface area contributed by atoms with Gasteiger partial charge in [-0.1, -0.05) is 12.8 Å². The van der Waals surface area contributed by atoms with Crippen molar-refractivity contribution >= 4 is 23.9 Å². The van der Waals surface area contributed by atoms with Crippen molar-refractivity contribution in [1.29, 1.82) is 0 Å². The number of nitrogens with two attached hydrogens (primary N) is 1. The lowest BCUT2D eigenvalue weighted by atomic mass is 10.1. The molecule has 0 spiro atoms. The molecule has 1 rings (SSSR count). The summed E-state index contributed by atoms with van der Waals surface area (Å²) in [5.74, 6) is -3.09. The lowest BCUT2D eigenvalue weighted by Crippen LogP contribution is -2.45. The summed E-state index contributed by atoms with van der Waals surface area (Å²) >= 11 is 0. The highest BCUT2D eigenvalue weighted by Gasteiger charge is 2.25. The number of carbonyl (C=O) groups is 4. The summed E-state index contributed by atoms with van der Waals surface area (Å²) in [7, 11) is 0.